The van der Waals surface area contributed by atoms with Crippen molar-refractivity contribution in [1.29, 1.82) is 0 Å². The summed E-state index contributed by atoms with van der Waals surface area (Å²) in [6, 6.07) is 8.62. The second-order valence-electron chi connectivity index (χ2n) is 3.67. The third-order valence-electron chi connectivity index (χ3n) is 2.73. The fourth-order valence-corrected chi connectivity index (χ4v) is 1.99. The first-order valence-corrected chi connectivity index (χ1v) is 4.97. The molecule has 1 aromatic heterocycles. The van der Waals surface area contributed by atoms with Gasteiger partial charge in [-0.05, 0) is 29.1 Å². The Morgan fingerprint density at radius 1 is 1.07 bits per heavy atom. The van der Waals surface area contributed by atoms with Gasteiger partial charge in [-0.2, -0.15) is 0 Å². The van der Waals surface area contributed by atoms with Crippen LogP contribution in [-0.2, 0) is 0 Å². The van der Waals surface area contributed by atoms with Crippen LogP contribution in [0.5, 0.6) is 0 Å². The number of fused-ring (bicyclic) bond motifs is 1. The third-order valence-corrected chi connectivity index (χ3v) is 2.73. The lowest BCUT2D eigenvalue weighted by atomic mass is 10.1. The lowest BCUT2D eigenvalue weighted by Gasteiger charge is -2.10. The summed E-state index contributed by atoms with van der Waals surface area (Å²) in [6.45, 7) is 2.10. The first-order chi connectivity index (χ1) is 6.93. The van der Waals surface area contributed by atoms with Gasteiger partial charge in [-0.15, -0.1) is 0 Å². The van der Waals surface area contributed by atoms with E-state index in [1.54, 1.807) is 0 Å². The molecular formula is C11H13N3. The molecule has 1 saturated heterocycles. The van der Waals surface area contributed by atoms with Gasteiger partial charge in [0.05, 0.1) is 6.17 Å². The molecule has 3 heteroatoms. The fourth-order valence-electron chi connectivity index (χ4n) is 1.99. The first kappa shape index (κ1) is 8.03. The van der Waals surface area contributed by atoms with E-state index in [1.165, 1.54) is 16.5 Å². The lowest BCUT2D eigenvalue weighted by molar-refractivity contribution is 0.589. The van der Waals surface area contributed by atoms with Crippen LogP contribution in [0.25, 0.3) is 10.9 Å². The summed E-state index contributed by atoms with van der Waals surface area (Å²) in [5, 5.41) is 8.09. The number of aromatic amines is 1. The first-order valence-electron chi connectivity index (χ1n) is 4.97. The van der Waals surface area contributed by atoms with E-state index in [2.05, 4.69) is 39.9 Å². The molecule has 3 N–H and O–H groups in total. The Labute approximate surface area is 82.5 Å². The van der Waals surface area contributed by atoms with E-state index in [0.29, 0.717) is 6.17 Å². The number of H-pyrrole nitrogens is 1. The van der Waals surface area contributed by atoms with Crippen molar-refractivity contribution >= 4 is 10.9 Å². The number of nitrogens with one attached hydrogen (secondary N) is 3. The van der Waals surface area contributed by atoms with E-state index in [1.807, 2.05) is 6.20 Å². The third kappa shape index (κ3) is 1.22. The minimum absolute atomic E-state index is 0.328. The molecule has 1 fully saturated rings. The van der Waals surface area contributed by atoms with Crippen LogP contribution >= 0.6 is 0 Å². The Balaban J connectivity index is 2.04. The fraction of sp³-hybridized carbons (Fsp3) is 0.273. The van der Waals surface area contributed by atoms with E-state index in [-0.39, 0.29) is 0 Å². The van der Waals surface area contributed by atoms with Crippen LogP contribution in [0.4, 0.5) is 0 Å². The molecule has 1 aromatic carbocycles. The van der Waals surface area contributed by atoms with Crippen molar-refractivity contribution < 1.29 is 0 Å². The molecule has 0 bridgehead atoms. The zero-order valence-electron chi connectivity index (χ0n) is 7.88. The molecule has 72 valence electrons. The van der Waals surface area contributed by atoms with Crippen molar-refractivity contribution in [3.05, 3.63) is 36.0 Å². The minimum Gasteiger partial charge on any atom is -0.361 e. The van der Waals surface area contributed by atoms with Gasteiger partial charge in [0.25, 0.3) is 0 Å². The van der Waals surface area contributed by atoms with E-state index < -0.39 is 0 Å². The summed E-state index contributed by atoms with van der Waals surface area (Å²) >= 11 is 0. The van der Waals surface area contributed by atoms with Crippen LogP contribution in [0.1, 0.15) is 11.7 Å². The molecule has 0 amide bonds. The zero-order valence-corrected chi connectivity index (χ0v) is 7.88. The number of rotatable bonds is 1. The molecule has 3 rings (SSSR count). The highest BCUT2D eigenvalue weighted by Gasteiger charge is 2.14. The van der Waals surface area contributed by atoms with Gasteiger partial charge in [-0.1, -0.05) is 6.07 Å². The highest BCUT2D eigenvalue weighted by Crippen LogP contribution is 2.19. The van der Waals surface area contributed by atoms with Crippen LogP contribution < -0.4 is 10.6 Å². The van der Waals surface area contributed by atoms with Crippen LogP contribution in [0.3, 0.4) is 0 Å². The highest BCUT2D eigenvalue weighted by atomic mass is 15.2. The quantitative estimate of drug-likeness (QED) is 0.631. The number of hydrogen-bond acceptors (Lipinski definition) is 2. The van der Waals surface area contributed by atoms with Gasteiger partial charge in [-0.25, -0.2) is 0 Å². The molecule has 0 saturated carbocycles. The standard InChI is InChI=1S/C11H13N3/c1-2-10-8(3-4-12-10)7-9(1)11-13-5-6-14-11/h1-4,7,11-14H,5-6H2. The number of aromatic nitrogens is 1. The maximum Gasteiger partial charge on any atom is 0.0836 e. The second-order valence-corrected chi connectivity index (χ2v) is 3.67. The van der Waals surface area contributed by atoms with Crippen LogP contribution in [-0.4, -0.2) is 18.1 Å². The lowest BCUT2D eigenvalue weighted by Crippen LogP contribution is -2.20. The SMILES string of the molecule is c1cc2cc(C3NCCN3)ccc2[nH]1. The summed E-state index contributed by atoms with van der Waals surface area (Å²) in [5.74, 6) is 0. The van der Waals surface area contributed by atoms with Crippen molar-refractivity contribution in [1.82, 2.24) is 15.6 Å². The maximum atomic E-state index is 3.41. The van der Waals surface area contributed by atoms with Crippen molar-refractivity contribution in [2.75, 3.05) is 13.1 Å². The van der Waals surface area contributed by atoms with E-state index >= 15 is 0 Å². The van der Waals surface area contributed by atoms with Gasteiger partial charge < -0.3 is 4.98 Å². The van der Waals surface area contributed by atoms with Gasteiger partial charge in [0.1, 0.15) is 0 Å². The molecule has 0 spiro atoms. The van der Waals surface area contributed by atoms with E-state index in [0.717, 1.165) is 13.1 Å². The van der Waals surface area contributed by atoms with E-state index in [4.69, 9.17) is 0 Å². The molecule has 1 aliphatic rings. The molecule has 1 aliphatic heterocycles. The summed E-state index contributed by atoms with van der Waals surface area (Å²) in [7, 11) is 0. The zero-order chi connectivity index (χ0) is 9.38. The predicted octanol–water partition coefficient (Wildman–Crippen LogP) is 1.36. The summed E-state index contributed by atoms with van der Waals surface area (Å²) in [4.78, 5) is 3.20. The number of hydrogen-bond donors (Lipinski definition) is 3. The van der Waals surface area contributed by atoms with E-state index in [9.17, 15) is 0 Å². The maximum absolute atomic E-state index is 3.41. The largest absolute Gasteiger partial charge is 0.361 e. The monoisotopic (exact) mass is 187 g/mol. The molecule has 2 aromatic rings. The van der Waals surface area contributed by atoms with Gasteiger partial charge >= 0.3 is 0 Å². The molecular weight excluding hydrogens is 174 g/mol. The Morgan fingerprint density at radius 2 is 1.93 bits per heavy atom. The minimum atomic E-state index is 0.328. The average Bonchev–Trinajstić information content (AvgIpc) is 2.88. The topological polar surface area (TPSA) is 39.8 Å². The normalized spacial score (nSPS) is 18.0. The van der Waals surface area contributed by atoms with Gasteiger partial charge in [0, 0.05) is 24.8 Å². The molecule has 0 atom stereocenters. The van der Waals surface area contributed by atoms with Gasteiger partial charge in [0.2, 0.25) is 0 Å². The summed E-state index contributed by atoms with van der Waals surface area (Å²) in [5.41, 5.74) is 2.52. The van der Waals surface area contributed by atoms with Crippen LogP contribution in [0.2, 0.25) is 0 Å². The summed E-state index contributed by atoms with van der Waals surface area (Å²) in [6.07, 6.45) is 2.30. The van der Waals surface area contributed by atoms with Crippen molar-refractivity contribution in [3.63, 3.8) is 0 Å². The Morgan fingerprint density at radius 3 is 2.79 bits per heavy atom. The van der Waals surface area contributed by atoms with Crippen molar-refractivity contribution in [2.45, 2.75) is 6.17 Å². The molecule has 2 heterocycles. The molecule has 0 unspecified atom stereocenters. The molecule has 0 aliphatic carbocycles. The predicted molar refractivity (Wildman–Crippen MR) is 57.0 cm³/mol. The highest BCUT2D eigenvalue weighted by molar-refractivity contribution is 5.80. The molecule has 0 radical (unpaired) electrons. The smallest absolute Gasteiger partial charge is 0.0836 e. The van der Waals surface area contributed by atoms with Crippen molar-refractivity contribution in [2.24, 2.45) is 0 Å². The van der Waals surface area contributed by atoms with Crippen LogP contribution in [0, 0.1) is 0 Å². The second kappa shape index (κ2) is 3.12. The van der Waals surface area contributed by atoms with Crippen molar-refractivity contribution in [3.8, 4) is 0 Å². The van der Waals surface area contributed by atoms with Gasteiger partial charge in [0.15, 0.2) is 0 Å². The Bertz CT molecular complexity index is 440. The average molecular weight is 187 g/mol. The molecule has 3 nitrogen and oxygen atoms in total. The van der Waals surface area contributed by atoms with Crippen LogP contribution in [0.15, 0.2) is 30.5 Å². The van der Waals surface area contributed by atoms with Gasteiger partial charge in [-0.3, -0.25) is 10.6 Å². The Kier molecular flexibility index (Phi) is 1.79. The number of benzene rings is 1. The summed E-state index contributed by atoms with van der Waals surface area (Å²) < 4.78 is 0. The molecule has 14 heavy (non-hydrogen) atoms. The Hall–Kier alpha value is -1.32.